The molecule has 33 heavy (non-hydrogen) atoms. The van der Waals surface area contributed by atoms with Crippen molar-refractivity contribution in [1.29, 1.82) is 0 Å². The molecule has 0 radical (unpaired) electrons. The van der Waals surface area contributed by atoms with Gasteiger partial charge in [0.05, 0.1) is 5.69 Å². The maximum atomic E-state index is 13.2. The summed E-state index contributed by atoms with van der Waals surface area (Å²) in [7, 11) is 0. The van der Waals surface area contributed by atoms with E-state index in [1.165, 1.54) is 22.9 Å². The van der Waals surface area contributed by atoms with Crippen molar-refractivity contribution in [2.24, 2.45) is 0 Å². The molecule has 156 valence electrons. The van der Waals surface area contributed by atoms with Gasteiger partial charge in [0.25, 0.3) is 0 Å². The number of benzene rings is 5. The molecular formula is C31H20FN. The fourth-order valence-corrected chi connectivity index (χ4v) is 4.42. The molecule has 0 saturated heterocycles. The lowest BCUT2D eigenvalue weighted by Crippen LogP contribution is -1.87. The molecule has 0 amide bonds. The van der Waals surface area contributed by atoms with Crippen LogP contribution >= 0.6 is 0 Å². The standard InChI is InChI=1S/C31H20FN/c32-28-15-12-21(13-16-28)23-8-9-25-19-26(11-10-24(25)18-23)27-14-17-31(33-20-27)30-7-3-5-22-4-1-2-6-29(22)30/h1-20H. The van der Waals surface area contributed by atoms with E-state index in [9.17, 15) is 4.39 Å². The smallest absolute Gasteiger partial charge is 0.123 e. The fraction of sp³-hybridized carbons (Fsp3) is 0. The average Bonchev–Trinajstić information content (AvgIpc) is 2.88. The maximum Gasteiger partial charge on any atom is 0.123 e. The SMILES string of the molecule is Fc1ccc(-c2ccc3cc(-c4ccc(-c5cccc6ccccc56)nc4)ccc3c2)cc1. The molecule has 6 aromatic rings. The lowest BCUT2D eigenvalue weighted by Gasteiger charge is -2.09. The summed E-state index contributed by atoms with van der Waals surface area (Å²) in [4.78, 5) is 4.79. The Labute approximate surface area is 191 Å². The Balaban J connectivity index is 1.33. The Morgan fingerprint density at radius 3 is 1.85 bits per heavy atom. The molecule has 0 unspecified atom stereocenters. The van der Waals surface area contributed by atoms with Crippen molar-refractivity contribution in [3.63, 3.8) is 0 Å². The van der Waals surface area contributed by atoms with E-state index in [1.54, 1.807) is 0 Å². The summed E-state index contributed by atoms with van der Waals surface area (Å²) in [6.07, 6.45) is 1.95. The number of aromatic nitrogens is 1. The predicted octanol–water partition coefficient (Wildman–Crippen LogP) is 8.53. The van der Waals surface area contributed by atoms with Gasteiger partial charge in [0.15, 0.2) is 0 Å². The molecule has 0 spiro atoms. The maximum absolute atomic E-state index is 13.2. The van der Waals surface area contributed by atoms with Crippen LogP contribution in [0.1, 0.15) is 0 Å². The molecule has 0 aliphatic heterocycles. The van der Waals surface area contributed by atoms with Crippen LogP contribution in [0, 0.1) is 5.82 Å². The topological polar surface area (TPSA) is 12.9 Å². The number of rotatable bonds is 3. The Morgan fingerprint density at radius 2 is 1.12 bits per heavy atom. The number of fused-ring (bicyclic) bond motifs is 2. The van der Waals surface area contributed by atoms with E-state index < -0.39 is 0 Å². The van der Waals surface area contributed by atoms with Crippen molar-refractivity contribution >= 4 is 21.5 Å². The Hall–Kier alpha value is -4.30. The highest BCUT2D eigenvalue weighted by Crippen LogP contribution is 2.31. The van der Waals surface area contributed by atoms with E-state index >= 15 is 0 Å². The Bertz CT molecular complexity index is 1590. The van der Waals surface area contributed by atoms with E-state index in [1.807, 2.05) is 18.3 Å². The van der Waals surface area contributed by atoms with Gasteiger partial charge in [-0.3, -0.25) is 4.98 Å². The van der Waals surface area contributed by atoms with Crippen molar-refractivity contribution in [2.45, 2.75) is 0 Å². The number of hydrogen-bond donors (Lipinski definition) is 0. The fourth-order valence-electron chi connectivity index (χ4n) is 4.42. The summed E-state index contributed by atoms with van der Waals surface area (Å²) in [6, 6.07) is 38.4. The lowest BCUT2D eigenvalue weighted by atomic mass is 9.97. The molecule has 5 aromatic carbocycles. The Kier molecular flexibility index (Phi) is 4.70. The first-order chi connectivity index (χ1) is 16.2. The normalized spacial score (nSPS) is 11.2. The molecule has 2 heteroatoms. The van der Waals surface area contributed by atoms with Gasteiger partial charge in [0.1, 0.15) is 5.82 Å². The zero-order valence-electron chi connectivity index (χ0n) is 17.9. The largest absolute Gasteiger partial charge is 0.256 e. The van der Waals surface area contributed by atoms with Crippen LogP contribution in [0.5, 0.6) is 0 Å². The minimum absolute atomic E-state index is 0.218. The molecule has 0 bridgehead atoms. The van der Waals surface area contributed by atoms with Gasteiger partial charge in [-0.2, -0.15) is 0 Å². The number of hydrogen-bond acceptors (Lipinski definition) is 1. The second-order valence-electron chi connectivity index (χ2n) is 8.24. The second kappa shape index (κ2) is 7.99. The molecule has 1 nitrogen and oxygen atoms in total. The monoisotopic (exact) mass is 425 g/mol. The zero-order valence-corrected chi connectivity index (χ0v) is 17.9. The van der Waals surface area contributed by atoms with Gasteiger partial charge < -0.3 is 0 Å². The van der Waals surface area contributed by atoms with Crippen LogP contribution in [0.25, 0.3) is 55.1 Å². The van der Waals surface area contributed by atoms with E-state index in [2.05, 4.69) is 91.0 Å². The van der Waals surface area contributed by atoms with E-state index in [4.69, 9.17) is 4.98 Å². The predicted molar refractivity (Wildman–Crippen MR) is 136 cm³/mol. The van der Waals surface area contributed by atoms with Gasteiger partial charge in [-0.1, -0.05) is 84.9 Å². The van der Waals surface area contributed by atoms with Crippen molar-refractivity contribution < 1.29 is 4.39 Å². The van der Waals surface area contributed by atoms with Gasteiger partial charge in [0.2, 0.25) is 0 Å². The van der Waals surface area contributed by atoms with Gasteiger partial charge in [-0.05, 0) is 68.6 Å². The third-order valence-corrected chi connectivity index (χ3v) is 6.18. The van der Waals surface area contributed by atoms with Crippen molar-refractivity contribution in [2.75, 3.05) is 0 Å². The Morgan fingerprint density at radius 1 is 0.485 bits per heavy atom. The van der Waals surface area contributed by atoms with E-state index in [0.29, 0.717) is 0 Å². The molecular weight excluding hydrogens is 405 g/mol. The lowest BCUT2D eigenvalue weighted by molar-refractivity contribution is 0.628. The highest BCUT2D eigenvalue weighted by atomic mass is 19.1. The van der Waals surface area contributed by atoms with Gasteiger partial charge in [0, 0.05) is 17.3 Å². The van der Waals surface area contributed by atoms with Crippen LogP contribution in [0.3, 0.4) is 0 Å². The number of halogens is 1. The van der Waals surface area contributed by atoms with Gasteiger partial charge in [-0.15, -0.1) is 0 Å². The average molecular weight is 426 g/mol. The molecule has 0 atom stereocenters. The van der Waals surface area contributed by atoms with Crippen molar-refractivity contribution in [3.8, 4) is 33.5 Å². The first kappa shape index (κ1) is 19.4. The van der Waals surface area contributed by atoms with E-state index in [-0.39, 0.29) is 5.82 Å². The molecule has 0 aliphatic carbocycles. The van der Waals surface area contributed by atoms with Crippen LogP contribution in [0.4, 0.5) is 4.39 Å². The summed E-state index contributed by atoms with van der Waals surface area (Å²) < 4.78 is 13.2. The number of pyridine rings is 1. The van der Waals surface area contributed by atoms with Gasteiger partial charge >= 0.3 is 0 Å². The summed E-state index contributed by atoms with van der Waals surface area (Å²) >= 11 is 0. The molecule has 0 saturated carbocycles. The summed E-state index contributed by atoms with van der Waals surface area (Å²) in [6.45, 7) is 0. The zero-order chi connectivity index (χ0) is 22.2. The highest BCUT2D eigenvalue weighted by molar-refractivity contribution is 5.96. The third-order valence-electron chi connectivity index (χ3n) is 6.18. The number of nitrogens with zero attached hydrogens (tertiary/aromatic N) is 1. The molecule has 0 N–H and O–H groups in total. The van der Waals surface area contributed by atoms with Gasteiger partial charge in [-0.25, -0.2) is 4.39 Å². The molecule has 0 aliphatic rings. The molecule has 1 heterocycles. The molecule has 6 rings (SSSR count). The second-order valence-corrected chi connectivity index (χ2v) is 8.24. The first-order valence-electron chi connectivity index (χ1n) is 11.0. The van der Waals surface area contributed by atoms with Crippen LogP contribution in [0.2, 0.25) is 0 Å². The molecule has 1 aromatic heterocycles. The minimum atomic E-state index is -0.218. The summed E-state index contributed by atoms with van der Waals surface area (Å²) in [5.41, 5.74) is 6.43. The van der Waals surface area contributed by atoms with Crippen LogP contribution < -0.4 is 0 Å². The van der Waals surface area contributed by atoms with Crippen molar-refractivity contribution in [1.82, 2.24) is 4.98 Å². The minimum Gasteiger partial charge on any atom is -0.256 e. The molecule has 0 fully saturated rings. The highest BCUT2D eigenvalue weighted by Gasteiger charge is 2.07. The van der Waals surface area contributed by atoms with Crippen LogP contribution in [-0.4, -0.2) is 4.98 Å². The van der Waals surface area contributed by atoms with Crippen LogP contribution in [0.15, 0.2) is 121 Å². The van der Waals surface area contributed by atoms with E-state index in [0.717, 1.165) is 44.3 Å². The summed E-state index contributed by atoms with van der Waals surface area (Å²) in [5, 5.41) is 4.75. The third kappa shape index (κ3) is 3.66. The first-order valence-corrected chi connectivity index (χ1v) is 11.0. The van der Waals surface area contributed by atoms with Crippen molar-refractivity contribution in [3.05, 3.63) is 127 Å². The van der Waals surface area contributed by atoms with Crippen LogP contribution in [-0.2, 0) is 0 Å². The quantitative estimate of drug-likeness (QED) is 0.277. The summed E-state index contributed by atoms with van der Waals surface area (Å²) in [5.74, 6) is -0.218.